The number of amidine groups is 1. The lowest BCUT2D eigenvalue weighted by molar-refractivity contribution is 0.0914. The third kappa shape index (κ3) is 6.84. The number of nitrogens with one attached hydrogen (secondary N) is 1. The first kappa shape index (κ1) is 18.5. The molecule has 7 nitrogen and oxygen atoms in total. The van der Waals surface area contributed by atoms with Gasteiger partial charge in [0.25, 0.3) is 5.91 Å². The number of rotatable bonds is 8. The van der Waals surface area contributed by atoms with Crippen LogP contribution in [0.3, 0.4) is 0 Å². The van der Waals surface area contributed by atoms with Gasteiger partial charge in [-0.15, -0.1) is 0 Å². The molecule has 7 heteroatoms. The number of phenolic OH excluding ortho intramolecular Hbond substituents is 1. The van der Waals surface area contributed by atoms with Gasteiger partial charge in [-0.2, -0.15) is 4.99 Å². The molecule has 23 heavy (non-hydrogen) atoms. The molecule has 0 saturated carbocycles. The van der Waals surface area contributed by atoms with Crippen LogP contribution in [0, 0.1) is 0 Å². The molecular formula is C16H23N3O4. The summed E-state index contributed by atoms with van der Waals surface area (Å²) in [5.41, 5.74) is 5.83. The SMILES string of the molecule is CCN/C=C\C(N)=NC(=O)c1cc(O)cc(OC(C)COC)c1. The second-order valence-corrected chi connectivity index (χ2v) is 4.83. The zero-order chi connectivity index (χ0) is 17.2. The summed E-state index contributed by atoms with van der Waals surface area (Å²) in [6.07, 6.45) is 2.87. The first-order valence-electron chi connectivity index (χ1n) is 7.24. The highest BCUT2D eigenvalue weighted by Gasteiger charge is 2.11. The van der Waals surface area contributed by atoms with Gasteiger partial charge in [-0.1, -0.05) is 0 Å². The topological polar surface area (TPSA) is 106 Å². The van der Waals surface area contributed by atoms with Crippen LogP contribution in [0.15, 0.2) is 35.5 Å². The molecule has 1 rings (SSSR count). The van der Waals surface area contributed by atoms with Gasteiger partial charge in [0.1, 0.15) is 23.4 Å². The number of hydrogen-bond acceptors (Lipinski definition) is 5. The van der Waals surface area contributed by atoms with Crippen LogP contribution in [-0.2, 0) is 4.74 Å². The number of carbonyl (C=O) groups excluding carboxylic acids is 1. The molecule has 0 fully saturated rings. The molecule has 1 atom stereocenters. The summed E-state index contributed by atoms with van der Waals surface area (Å²) in [6.45, 7) is 4.88. The van der Waals surface area contributed by atoms with Crippen LogP contribution in [0.1, 0.15) is 24.2 Å². The van der Waals surface area contributed by atoms with Gasteiger partial charge in [-0.3, -0.25) is 4.79 Å². The molecule has 126 valence electrons. The lowest BCUT2D eigenvalue weighted by Gasteiger charge is -2.14. The van der Waals surface area contributed by atoms with Crippen molar-refractivity contribution in [1.82, 2.24) is 5.32 Å². The highest BCUT2D eigenvalue weighted by molar-refractivity contribution is 6.06. The molecule has 0 bridgehead atoms. The number of nitrogens with zero attached hydrogens (tertiary/aromatic N) is 1. The number of benzene rings is 1. The standard InChI is InChI=1S/C16H23N3O4/c1-4-18-6-5-15(17)19-16(21)12-7-13(20)9-14(8-12)23-11(2)10-22-3/h5-9,11,18,20H,4,10H2,1-3H3,(H2,17,19,21)/b6-5-. The molecule has 0 aliphatic heterocycles. The number of phenols is 1. The first-order chi connectivity index (χ1) is 11.0. The van der Waals surface area contributed by atoms with Crippen molar-refractivity contribution in [2.24, 2.45) is 10.7 Å². The Hall–Kier alpha value is -2.54. The fourth-order valence-corrected chi connectivity index (χ4v) is 1.76. The predicted molar refractivity (Wildman–Crippen MR) is 88.8 cm³/mol. The van der Waals surface area contributed by atoms with Gasteiger partial charge in [0.05, 0.1) is 6.61 Å². The summed E-state index contributed by atoms with van der Waals surface area (Å²) in [5, 5.41) is 12.6. The van der Waals surface area contributed by atoms with E-state index < -0.39 is 5.91 Å². The van der Waals surface area contributed by atoms with E-state index in [1.165, 1.54) is 24.3 Å². The quantitative estimate of drug-likeness (QED) is 0.494. The Labute approximate surface area is 135 Å². The van der Waals surface area contributed by atoms with Crippen LogP contribution in [0.4, 0.5) is 0 Å². The molecule has 0 aromatic heterocycles. The number of methoxy groups -OCH3 is 1. The van der Waals surface area contributed by atoms with Crippen molar-refractivity contribution in [2.75, 3.05) is 20.3 Å². The van der Waals surface area contributed by atoms with Gasteiger partial charge in [0, 0.05) is 31.5 Å². The molecule has 0 aliphatic rings. The van der Waals surface area contributed by atoms with Crippen LogP contribution < -0.4 is 15.8 Å². The van der Waals surface area contributed by atoms with Crippen molar-refractivity contribution in [2.45, 2.75) is 20.0 Å². The van der Waals surface area contributed by atoms with E-state index in [1.807, 2.05) is 13.8 Å². The lowest BCUT2D eigenvalue weighted by atomic mass is 10.2. The van der Waals surface area contributed by atoms with Crippen LogP contribution in [0.25, 0.3) is 0 Å². The van der Waals surface area contributed by atoms with E-state index in [9.17, 15) is 9.90 Å². The second kappa shape index (κ2) is 9.47. The second-order valence-electron chi connectivity index (χ2n) is 4.83. The van der Waals surface area contributed by atoms with E-state index in [-0.39, 0.29) is 23.3 Å². The third-order valence-electron chi connectivity index (χ3n) is 2.68. The minimum atomic E-state index is -0.566. The van der Waals surface area contributed by atoms with Crippen molar-refractivity contribution in [1.29, 1.82) is 0 Å². The molecule has 0 heterocycles. The Morgan fingerprint density at radius 2 is 2.22 bits per heavy atom. The average Bonchev–Trinajstić information content (AvgIpc) is 2.47. The normalized spacial score (nSPS) is 13.1. The number of hydrogen-bond donors (Lipinski definition) is 3. The number of aliphatic imine (C=N–C) groups is 1. The summed E-state index contributed by atoms with van der Waals surface area (Å²) >= 11 is 0. The predicted octanol–water partition coefficient (Wildman–Crippen LogP) is 1.43. The van der Waals surface area contributed by atoms with E-state index in [0.717, 1.165) is 6.54 Å². The molecule has 1 amide bonds. The Bertz CT molecular complexity index is 585. The Morgan fingerprint density at radius 1 is 1.48 bits per heavy atom. The minimum Gasteiger partial charge on any atom is -0.508 e. The Kier molecular flexibility index (Phi) is 7.62. The molecule has 1 aromatic rings. The monoisotopic (exact) mass is 321 g/mol. The maximum atomic E-state index is 12.1. The summed E-state index contributed by atoms with van der Waals surface area (Å²) in [5.74, 6) is -0.236. The smallest absolute Gasteiger partial charge is 0.279 e. The lowest BCUT2D eigenvalue weighted by Crippen LogP contribution is -2.18. The molecule has 1 aromatic carbocycles. The van der Waals surface area contributed by atoms with E-state index in [0.29, 0.717) is 12.4 Å². The van der Waals surface area contributed by atoms with E-state index in [1.54, 1.807) is 13.3 Å². The number of aromatic hydroxyl groups is 1. The van der Waals surface area contributed by atoms with Crippen LogP contribution in [0.2, 0.25) is 0 Å². The maximum absolute atomic E-state index is 12.1. The molecule has 0 aliphatic carbocycles. The van der Waals surface area contributed by atoms with Gasteiger partial charge in [-0.05, 0) is 32.1 Å². The number of nitrogens with two attached hydrogens (primary N) is 1. The van der Waals surface area contributed by atoms with Gasteiger partial charge >= 0.3 is 0 Å². The largest absolute Gasteiger partial charge is 0.508 e. The van der Waals surface area contributed by atoms with Crippen molar-refractivity contribution in [3.05, 3.63) is 36.0 Å². The van der Waals surface area contributed by atoms with Crippen molar-refractivity contribution in [3.63, 3.8) is 0 Å². The summed E-state index contributed by atoms with van der Waals surface area (Å²) in [4.78, 5) is 15.8. The summed E-state index contributed by atoms with van der Waals surface area (Å²) in [6, 6.07) is 4.22. The molecule has 4 N–H and O–H groups in total. The maximum Gasteiger partial charge on any atom is 0.279 e. The molecule has 0 spiro atoms. The fourth-order valence-electron chi connectivity index (χ4n) is 1.76. The van der Waals surface area contributed by atoms with E-state index in [4.69, 9.17) is 15.2 Å². The van der Waals surface area contributed by atoms with Gasteiger partial charge in [0.2, 0.25) is 0 Å². The van der Waals surface area contributed by atoms with Crippen LogP contribution in [-0.4, -0.2) is 43.2 Å². The Balaban J connectivity index is 2.88. The molecule has 0 radical (unpaired) electrons. The van der Waals surface area contributed by atoms with Gasteiger partial charge in [-0.25, -0.2) is 0 Å². The number of carbonyl (C=O) groups is 1. The van der Waals surface area contributed by atoms with Crippen molar-refractivity contribution >= 4 is 11.7 Å². The summed E-state index contributed by atoms with van der Waals surface area (Å²) in [7, 11) is 1.57. The highest BCUT2D eigenvalue weighted by atomic mass is 16.5. The Morgan fingerprint density at radius 3 is 2.87 bits per heavy atom. The minimum absolute atomic E-state index is 0.0644. The van der Waals surface area contributed by atoms with E-state index in [2.05, 4.69) is 10.3 Å². The number of ether oxygens (including phenoxy) is 2. The van der Waals surface area contributed by atoms with Gasteiger partial charge < -0.3 is 25.6 Å². The molecule has 1 unspecified atom stereocenters. The number of amides is 1. The van der Waals surface area contributed by atoms with Crippen LogP contribution in [0.5, 0.6) is 11.5 Å². The van der Waals surface area contributed by atoms with Crippen LogP contribution >= 0.6 is 0 Å². The summed E-state index contributed by atoms with van der Waals surface area (Å²) < 4.78 is 10.5. The van der Waals surface area contributed by atoms with Crippen molar-refractivity contribution in [3.8, 4) is 11.5 Å². The van der Waals surface area contributed by atoms with E-state index >= 15 is 0 Å². The first-order valence-corrected chi connectivity index (χ1v) is 7.24. The molecular weight excluding hydrogens is 298 g/mol. The fraction of sp³-hybridized carbons (Fsp3) is 0.375. The van der Waals surface area contributed by atoms with Crippen molar-refractivity contribution < 1.29 is 19.4 Å². The molecule has 0 saturated heterocycles. The van der Waals surface area contributed by atoms with Gasteiger partial charge in [0.15, 0.2) is 0 Å². The average molecular weight is 321 g/mol. The zero-order valence-electron chi connectivity index (χ0n) is 13.6. The highest BCUT2D eigenvalue weighted by Crippen LogP contribution is 2.23. The third-order valence-corrected chi connectivity index (χ3v) is 2.68. The zero-order valence-corrected chi connectivity index (χ0v) is 13.6.